The summed E-state index contributed by atoms with van der Waals surface area (Å²) in [6.45, 7) is 0. The fourth-order valence-electron chi connectivity index (χ4n) is 3.87. The van der Waals surface area contributed by atoms with Crippen LogP contribution in [0.4, 0.5) is 0 Å². The second kappa shape index (κ2) is 7.82. The molecular weight excluding hydrogens is 487 g/mol. The van der Waals surface area contributed by atoms with Crippen molar-refractivity contribution in [2.45, 2.75) is 9.79 Å². The van der Waals surface area contributed by atoms with Gasteiger partial charge in [-0.25, -0.2) is 0 Å². The number of fused-ring (bicyclic) bond motifs is 3. The number of benzene rings is 5. The second-order valence-corrected chi connectivity index (χ2v) is 9.55. The van der Waals surface area contributed by atoms with E-state index in [1.165, 1.54) is 5.39 Å². The Labute approximate surface area is 186 Å². The normalized spacial score (nSPS) is 12.3. The van der Waals surface area contributed by atoms with Crippen molar-refractivity contribution in [1.82, 2.24) is 0 Å². The van der Waals surface area contributed by atoms with Crippen LogP contribution in [0.1, 0.15) is 0 Å². The topological polar surface area (TPSA) is 23.1 Å². The Morgan fingerprint density at radius 2 is 1.07 bits per heavy atom. The zero-order valence-corrected chi connectivity index (χ0v) is 18.5. The quantitative estimate of drug-likeness (QED) is 0.142. The van der Waals surface area contributed by atoms with E-state index in [4.69, 9.17) is 0 Å². The molecule has 5 aromatic carbocycles. The lowest BCUT2D eigenvalue weighted by molar-refractivity contribution is 0.596. The van der Waals surface area contributed by atoms with Crippen LogP contribution in [0.15, 0.2) is 113 Å². The molecule has 0 saturated carbocycles. The number of hydrogen-bond acceptors (Lipinski definition) is 1. The highest BCUT2D eigenvalue weighted by Gasteiger charge is 2.26. The van der Waals surface area contributed by atoms with E-state index in [-0.39, 0.29) is 0 Å². The van der Waals surface area contributed by atoms with Gasteiger partial charge in [0.1, 0.15) is 0 Å². The van der Waals surface area contributed by atoms with E-state index in [1.807, 2.05) is 48.5 Å². The van der Waals surface area contributed by atoms with Gasteiger partial charge in [-0.1, -0.05) is 72.8 Å². The first-order chi connectivity index (χ1) is 14.2. The average molecular weight is 504 g/mol. The molecule has 1 nitrogen and oxygen atoms in total. The molecule has 0 aliphatic rings. The Kier molecular flexibility index (Phi) is 5.04. The van der Waals surface area contributed by atoms with Gasteiger partial charge in [-0.15, -0.1) is 0 Å². The molecule has 0 aromatic heterocycles. The van der Waals surface area contributed by atoms with Gasteiger partial charge in [0, 0.05) is 25.7 Å². The van der Waals surface area contributed by atoms with Crippen LogP contribution < -0.4 is 0 Å². The molecule has 5 rings (SSSR count). The van der Waals surface area contributed by atoms with Gasteiger partial charge in [0.2, 0.25) is 0 Å². The largest absolute Gasteiger partial charge is 0.606 e. The van der Waals surface area contributed by atoms with Crippen molar-refractivity contribution in [2.75, 3.05) is 0 Å². The van der Waals surface area contributed by atoms with Crippen molar-refractivity contribution in [3.63, 3.8) is 0 Å². The van der Waals surface area contributed by atoms with E-state index in [2.05, 4.69) is 77.2 Å². The summed E-state index contributed by atoms with van der Waals surface area (Å²) < 4.78 is 15.1. The smallest absolute Gasteiger partial charge is 0.174 e. The molecule has 1 unspecified atom stereocenters. The predicted octanol–water partition coefficient (Wildman–Crippen LogP) is 7.43. The molecule has 3 heteroatoms. The minimum absolute atomic E-state index is 0.822. The first-order valence-electron chi connectivity index (χ1n) is 9.40. The summed E-state index contributed by atoms with van der Waals surface area (Å²) in [5, 5.41) is 4.50. The predicted molar refractivity (Wildman–Crippen MR) is 131 cm³/mol. The van der Waals surface area contributed by atoms with E-state index in [9.17, 15) is 4.55 Å². The van der Waals surface area contributed by atoms with Crippen molar-refractivity contribution in [3.05, 3.63) is 107 Å². The van der Waals surface area contributed by atoms with Crippen molar-refractivity contribution >= 4 is 55.3 Å². The summed E-state index contributed by atoms with van der Waals surface area (Å²) in [7, 11) is 0. The highest BCUT2D eigenvalue weighted by atomic mass is 127. The summed E-state index contributed by atoms with van der Waals surface area (Å²) in [6.07, 6.45) is 0. The van der Waals surface area contributed by atoms with Gasteiger partial charge in [0.05, 0.1) is 0 Å². The highest BCUT2D eigenvalue weighted by Crippen LogP contribution is 2.43. The molecule has 0 bridgehead atoms. The first kappa shape index (κ1) is 18.7. The molecule has 140 valence electrons. The van der Waals surface area contributed by atoms with Crippen molar-refractivity contribution in [3.8, 4) is 11.1 Å². The molecule has 0 amide bonds. The van der Waals surface area contributed by atoms with Crippen LogP contribution in [-0.2, 0) is 11.2 Å². The van der Waals surface area contributed by atoms with E-state index >= 15 is 0 Å². The standard InChI is InChI=1S/C26H17IOS/c27-19-14-16-20(17-15-19)29(28)26-24-13-7-5-11-22(24)21-10-4-6-12-23(21)25(26)18-8-2-1-3-9-18/h1-17H. The zero-order chi connectivity index (χ0) is 19.8. The lowest BCUT2D eigenvalue weighted by atomic mass is 9.93. The summed E-state index contributed by atoms with van der Waals surface area (Å²) >= 11 is 0.976. The first-order valence-corrected chi connectivity index (χ1v) is 11.6. The van der Waals surface area contributed by atoms with Crippen LogP contribution in [0.2, 0.25) is 0 Å². The van der Waals surface area contributed by atoms with E-state index in [0.717, 1.165) is 40.6 Å². The van der Waals surface area contributed by atoms with Crippen molar-refractivity contribution in [2.24, 2.45) is 0 Å². The number of hydrogen-bond donors (Lipinski definition) is 0. The van der Waals surface area contributed by atoms with Crippen LogP contribution >= 0.6 is 22.6 Å². The summed E-state index contributed by atoms with van der Waals surface area (Å²) in [4.78, 5) is 1.70. The molecule has 0 heterocycles. The maximum atomic E-state index is 13.9. The monoisotopic (exact) mass is 504 g/mol. The third kappa shape index (κ3) is 3.33. The Bertz CT molecular complexity index is 1310. The summed E-state index contributed by atoms with van der Waals surface area (Å²) in [5.41, 5.74) is 2.14. The molecule has 5 aromatic rings. The van der Waals surface area contributed by atoms with Crippen LogP contribution in [0, 0.1) is 3.57 Å². The minimum atomic E-state index is -1.30. The molecule has 0 fully saturated rings. The van der Waals surface area contributed by atoms with Gasteiger partial charge < -0.3 is 4.55 Å². The van der Waals surface area contributed by atoms with Crippen LogP contribution in [0.3, 0.4) is 0 Å². The van der Waals surface area contributed by atoms with Gasteiger partial charge in [-0.2, -0.15) is 0 Å². The Balaban J connectivity index is 1.93. The second-order valence-electron chi connectivity index (χ2n) is 6.88. The average Bonchev–Trinajstić information content (AvgIpc) is 2.79. The Hall–Kier alpha value is -2.34. The molecule has 29 heavy (non-hydrogen) atoms. The molecule has 0 spiro atoms. The lowest BCUT2D eigenvalue weighted by Gasteiger charge is -2.19. The van der Waals surface area contributed by atoms with Crippen LogP contribution in [0.25, 0.3) is 32.7 Å². The van der Waals surface area contributed by atoms with E-state index in [1.54, 1.807) is 0 Å². The maximum absolute atomic E-state index is 13.9. The Morgan fingerprint density at radius 3 is 1.72 bits per heavy atom. The van der Waals surface area contributed by atoms with Crippen molar-refractivity contribution < 1.29 is 4.55 Å². The molecule has 0 N–H and O–H groups in total. The zero-order valence-electron chi connectivity index (χ0n) is 15.5. The SMILES string of the molecule is [O-][S+](c1ccc(I)cc1)c1c(-c2ccccc2)c2ccccc2c2ccccc12. The number of rotatable bonds is 3. The maximum Gasteiger partial charge on any atom is 0.174 e. The molecule has 1 atom stereocenters. The Morgan fingerprint density at radius 1 is 0.552 bits per heavy atom. The van der Waals surface area contributed by atoms with Gasteiger partial charge in [-0.05, 0) is 74.6 Å². The fraction of sp³-hybridized carbons (Fsp3) is 0. The molecule has 0 saturated heterocycles. The highest BCUT2D eigenvalue weighted by molar-refractivity contribution is 14.1. The van der Waals surface area contributed by atoms with Gasteiger partial charge >= 0.3 is 0 Å². The van der Waals surface area contributed by atoms with Gasteiger partial charge in [-0.3, -0.25) is 0 Å². The summed E-state index contributed by atoms with van der Waals surface area (Å²) in [6, 6.07) is 35.0. The van der Waals surface area contributed by atoms with Crippen LogP contribution in [-0.4, -0.2) is 4.55 Å². The molecule has 0 radical (unpaired) electrons. The number of halogens is 1. The fourth-order valence-corrected chi connectivity index (χ4v) is 5.64. The van der Waals surface area contributed by atoms with E-state index < -0.39 is 11.2 Å². The molecular formula is C26H17IOS. The van der Waals surface area contributed by atoms with E-state index in [0.29, 0.717) is 0 Å². The van der Waals surface area contributed by atoms with Gasteiger partial charge in [0.25, 0.3) is 0 Å². The molecule has 0 aliphatic carbocycles. The van der Waals surface area contributed by atoms with Crippen LogP contribution in [0.5, 0.6) is 0 Å². The summed E-state index contributed by atoms with van der Waals surface area (Å²) in [5.74, 6) is 0. The lowest BCUT2D eigenvalue weighted by Crippen LogP contribution is -2.06. The van der Waals surface area contributed by atoms with Gasteiger partial charge in [0.15, 0.2) is 9.79 Å². The molecule has 0 aliphatic heterocycles. The third-order valence-corrected chi connectivity index (χ3v) is 7.38. The third-order valence-electron chi connectivity index (χ3n) is 5.16. The van der Waals surface area contributed by atoms with Crippen molar-refractivity contribution in [1.29, 1.82) is 0 Å². The minimum Gasteiger partial charge on any atom is -0.606 e.